The molecule has 1 saturated carbocycles. The van der Waals surface area contributed by atoms with Crippen LogP contribution in [0.3, 0.4) is 0 Å². The van der Waals surface area contributed by atoms with Crippen LogP contribution < -0.4 is 0 Å². The predicted octanol–water partition coefficient (Wildman–Crippen LogP) is 3.75. The molecule has 0 aromatic rings. The van der Waals surface area contributed by atoms with Gasteiger partial charge in [0.05, 0.1) is 12.5 Å². The van der Waals surface area contributed by atoms with Crippen molar-refractivity contribution >= 4 is 5.91 Å². The van der Waals surface area contributed by atoms with Crippen molar-refractivity contribution < 1.29 is 4.79 Å². The Labute approximate surface area is 118 Å². The molecule has 0 radical (unpaired) electrons. The Morgan fingerprint density at radius 1 is 1.21 bits per heavy atom. The zero-order valence-electron chi connectivity index (χ0n) is 12.5. The van der Waals surface area contributed by atoms with Crippen LogP contribution in [-0.4, -0.2) is 23.9 Å². The third-order valence-electron chi connectivity index (χ3n) is 3.85. The number of carbonyl (C=O) groups is 1. The van der Waals surface area contributed by atoms with Crippen molar-refractivity contribution in [2.75, 3.05) is 13.1 Å². The van der Waals surface area contributed by atoms with Gasteiger partial charge in [-0.15, -0.1) is 0 Å². The first kappa shape index (κ1) is 16.0. The summed E-state index contributed by atoms with van der Waals surface area (Å²) in [6.07, 6.45) is 8.77. The van der Waals surface area contributed by atoms with Gasteiger partial charge in [0, 0.05) is 19.0 Å². The molecule has 0 aromatic heterocycles. The van der Waals surface area contributed by atoms with Crippen molar-refractivity contribution in [2.24, 2.45) is 11.8 Å². The maximum Gasteiger partial charge on any atom is 0.225 e. The minimum Gasteiger partial charge on any atom is -0.341 e. The predicted molar refractivity (Wildman–Crippen MR) is 77.5 cm³/mol. The third kappa shape index (κ3) is 6.09. The summed E-state index contributed by atoms with van der Waals surface area (Å²) in [7, 11) is 0. The van der Waals surface area contributed by atoms with Gasteiger partial charge in [-0.25, -0.2) is 0 Å². The van der Waals surface area contributed by atoms with Crippen LogP contribution in [0.1, 0.15) is 65.2 Å². The van der Waals surface area contributed by atoms with E-state index in [4.69, 9.17) is 5.26 Å². The molecule has 0 bridgehead atoms. The second kappa shape index (κ2) is 8.96. The van der Waals surface area contributed by atoms with Gasteiger partial charge in [-0.1, -0.05) is 46.0 Å². The Bertz CT molecular complexity index is 298. The van der Waals surface area contributed by atoms with E-state index in [1.54, 1.807) is 0 Å². The summed E-state index contributed by atoms with van der Waals surface area (Å²) in [5.74, 6) is 0.972. The number of nitriles is 1. The molecule has 3 heteroatoms. The first-order valence-electron chi connectivity index (χ1n) is 7.81. The minimum atomic E-state index is 0.206. The molecule has 108 valence electrons. The van der Waals surface area contributed by atoms with Crippen LogP contribution >= 0.6 is 0 Å². The normalized spacial score (nSPS) is 17.6. The fourth-order valence-electron chi connectivity index (χ4n) is 2.88. The van der Waals surface area contributed by atoms with Crippen LogP contribution in [0.2, 0.25) is 0 Å². The van der Waals surface area contributed by atoms with E-state index in [-0.39, 0.29) is 5.92 Å². The van der Waals surface area contributed by atoms with Gasteiger partial charge in [0.15, 0.2) is 0 Å². The van der Waals surface area contributed by atoms with Crippen LogP contribution in [0.4, 0.5) is 0 Å². The number of hydrogen-bond acceptors (Lipinski definition) is 2. The number of hydrogen-bond donors (Lipinski definition) is 0. The lowest BCUT2D eigenvalue weighted by Crippen LogP contribution is -2.39. The molecule has 1 aliphatic rings. The summed E-state index contributed by atoms with van der Waals surface area (Å²) in [5, 5.41) is 8.74. The molecule has 0 atom stereocenters. The van der Waals surface area contributed by atoms with Gasteiger partial charge in [0.25, 0.3) is 0 Å². The Morgan fingerprint density at radius 3 is 2.32 bits per heavy atom. The van der Waals surface area contributed by atoms with Crippen molar-refractivity contribution in [3.8, 4) is 6.07 Å². The Hall–Kier alpha value is -1.04. The van der Waals surface area contributed by atoms with Gasteiger partial charge >= 0.3 is 0 Å². The average molecular weight is 264 g/mol. The second-order valence-electron chi connectivity index (χ2n) is 6.13. The van der Waals surface area contributed by atoms with E-state index in [0.29, 0.717) is 24.8 Å². The molecule has 0 unspecified atom stereocenters. The van der Waals surface area contributed by atoms with Crippen molar-refractivity contribution in [2.45, 2.75) is 65.2 Å². The number of carbonyl (C=O) groups excluding carboxylic acids is 1. The van der Waals surface area contributed by atoms with Crippen LogP contribution in [0.25, 0.3) is 0 Å². The first-order chi connectivity index (χ1) is 9.15. The van der Waals surface area contributed by atoms with Gasteiger partial charge in [-0.05, 0) is 18.8 Å². The average Bonchev–Trinajstić information content (AvgIpc) is 2.33. The lowest BCUT2D eigenvalue weighted by atomic mass is 9.90. The van der Waals surface area contributed by atoms with Gasteiger partial charge in [0.2, 0.25) is 5.91 Å². The van der Waals surface area contributed by atoms with E-state index in [2.05, 4.69) is 19.9 Å². The molecule has 0 aromatic carbocycles. The van der Waals surface area contributed by atoms with Crippen LogP contribution in [0, 0.1) is 23.2 Å². The van der Waals surface area contributed by atoms with Crippen molar-refractivity contribution in [3.05, 3.63) is 0 Å². The standard InChI is InChI=1S/C16H28N2O/c1-14(2)13-18(12-8-11-17)16(19)15-9-6-4-3-5-7-10-15/h14-15H,3-10,12-13H2,1-2H3. The Morgan fingerprint density at radius 2 is 1.79 bits per heavy atom. The monoisotopic (exact) mass is 264 g/mol. The third-order valence-corrected chi connectivity index (χ3v) is 3.85. The smallest absolute Gasteiger partial charge is 0.225 e. The fourth-order valence-corrected chi connectivity index (χ4v) is 2.88. The number of amides is 1. The highest BCUT2D eigenvalue weighted by molar-refractivity contribution is 5.78. The molecule has 1 rings (SSSR count). The largest absolute Gasteiger partial charge is 0.341 e. The first-order valence-corrected chi connectivity index (χ1v) is 7.81. The van der Waals surface area contributed by atoms with E-state index < -0.39 is 0 Å². The highest BCUT2D eigenvalue weighted by Gasteiger charge is 2.24. The molecule has 0 spiro atoms. The molecule has 1 fully saturated rings. The summed E-state index contributed by atoms with van der Waals surface area (Å²) in [6, 6.07) is 2.16. The SMILES string of the molecule is CC(C)CN(CCC#N)C(=O)C1CCCCCCC1. The number of nitrogens with zero attached hydrogens (tertiary/aromatic N) is 2. The van der Waals surface area contributed by atoms with Gasteiger partial charge < -0.3 is 4.90 Å². The molecule has 1 aliphatic carbocycles. The zero-order valence-corrected chi connectivity index (χ0v) is 12.5. The summed E-state index contributed by atoms with van der Waals surface area (Å²) < 4.78 is 0. The molecule has 3 nitrogen and oxygen atoms in total. The second-order valence-corrected chi connectivity index (χ2v) is 6.13. The summed E-state index contributed by atoms with van der Waals surface area (Å²) >= 11 is 0. The molecule has 0 saturated heterocycles. The molecule has 19 heavy (non-hydrogen) atoms. The highest BCUT2D eigenvalue weighted by atomic mass is 16.2. The molecule has 0 heterocycles. The molecule has 0 aliphatic heterocycles. The molecular formula is C16H28N2O. The van der Waals surface area contributed by atoms with Gasteiger partial charge in [0.1, 0.15) is 0 Å². The van der Waals surface area contributed by atoms with E-state index >= 15 is 0 Å². The van der Waals surface area contributed by atoms with Gasteiger partial charge in [-0.3, -0.25) is 4.79 Å². The zero-order chi connectivity index (χ0) is 14.1. The van der Waals surface area contributed by atoms with E-state index in [1.165, 1.54) is 32.1 Å². The van der Waals surface area contributed by atoms with Crippen LogP contribution in [-0.2, 0) is 4.79 Å². The Balaban J connectivity index is 2.58. The van der Waals surface area contributed by atoms with Crippen molar-refractivity contribution in [3.63, 3.8) is 0 Å². The number of rotatable bonds is 5. The lowest BCUT2D eigenvalue weighted by molar-refractivity contribution is -0.136. The van der Waals surface area contributed by atoms with E-state index in [1.807, 2.05) is 4.90 Å². The van der Waals surface area contributed by atoms with Crippen molar-refractivity contribution in [1.82, 2.24) is 4.90 Å². The molecule has 1 amide bonds. The van der Waals surface area contributed by atoms with E-state index in [9.17, 15) is 4.79 Å². The van der Waals surface area contributed by atoms with Crippen molar-refractivity contribution in [1.29, 1.82) is 5.26 Å². The maximum absolute atomic E-state index is 12.6. The highest BCUT2D eigenvalue weighted by Crippen LogP contribution is 2.24. The summed E-state index contributed by atoms with van der Waals surface area (Å²) in [4.78, 5) is 14.6. The van der Waals surface area contributed by atoms with Crippen LogP contribution in [0.5, 0.6) is 0 Å². The van der Waals surface area contributed by atoms with Gasteiger partial charge in [-0.2, -0.15) is 5.26 Å². The molecule has 0 N–H and O–H groups in total. The summed E-state index contributed by atoms with van der Waals surface area (Å²) in [6.45, 7) is 5.65. The quantitative estimate of drug-likeness (QED) is 0.759. The van der Waals surface area contributed by atoms with E-state index in [0.717, 1.165) is 19.4 Å². The lowest BCUT2D eigenvalue weighted by Gasteiger charge is -2.29. The maximum atomic E-state index is 12.6. The topological polar surface area (TPSA) is 44.1 Å². The van der Waals surface area contributed by atoms with Crippen LogP contribution in [0.15, 0.2) is 0 Å². The minimum absolute atomic E-state index is 0.206. The fraction of sp³-hybridized carbons (Fsp3) is 0.875. The Kier molecular flexibility index (Phi) is 7.55. The summed E-state index contributed by atoms with van der Waals surface area (Å²) in [5.41, 5.74) is 0. The molecular weight excluding hydrogens is 236 g/mol.